The lowest BCUT2D eigenvalue weighted by molar-refractivity contribution is -0.116. The summed E-state index contributed by atoms with van der Waals surface area (Å²) in [6.07, 6.45) is 0.852. The summed E-state index contributed by atoms with van der Waals surface area (Å²) in [4.78, 5) is 11.7. The van der Waals surface area contributed by atoms with Gasteiger partial charge in [-0.3, -0.25) is 4.79 Å². The maximum atomic E-state index is 13.4. The van der Waals surface area contributed by atoms with Crippen LogP contribution in [0.4, 0.5) is 5.69 Å². The third kappa shape index (κ3) is 3.99. The van der Waals surface area contributed by atoms with Gasteiger partial charge in [0.05, 0.1) is 11.4 Å². The van der Waals surface area contributed by atoms with Gasteiger partial charge >= 0.3 is 0 Å². The van der Waals surface area contributed by atoms with Gasteiger partial charge in [-0.1, -0.05) is 18.2 Å². The van der Waals surface area contributed by atoms with E-state index in [1.165, 1.54) is 10.4 Å². The topological polar surface area (TPSA) is 105 Å². The van der Waals surface area contributed by atoms with Crippen LogP contribution in [-0.2, 0) is 27.8 Å². The average molecular weight is 426 g/mol. The number of sulfonamides is 1. The van der Waals surface area contributed by atoms with Crippen LogP contribution in [0.3, 0.4) is 0 Å². The maximum Gasteiger partial charge on any atom is 0.247 e. The van der Waals surface area contributed by atoms with Crippen LogP contribution in [0.2, 0.25) is 0 Å². The molecule has 1 aliphatic heterocycles. The number of hydrogen-bond donors (Lipinski definition) is 1. The number of aromatic nitrogens is 2. The van der Waals surface area contributed by atoms with Crippen LogP contribution in [-0.4, -0.2) is 34.9 Å². The van der Waals surface area contributed by atoms with Crippen LogP contribution in [0.15, 0.2) is 57.8 Å². The highest BCUT2D eigenvalue weighted by Gasteiger charge is 2.30. The molecule has 1 N–H and O–H groups in total. The first kappa shape index (κ1) is 20.2. The Balaban J connectivity index is 1.61. The van der Waals surface area contributed by atoms with Gasteiger partial charge < -0.3 is 9.73 Å². The van der Waals surface area contributed by atoms with Crippen molar-refractivity contribution < 1.29 is 17.6 Å². The van der Waals surface area contributed by atoms with Crippen molar-refractivity contribution in [2.75, 3.05) is 5.32 Å². The second-order valence-corrected chi connectivity index (χ2v) is 9.27. The summed E-state index contributed by atoms with van der Waals surface area (Å²) < 4.78 is 33.7. The molecule has 0 spiro atoms. The molecule has 0 unspecified atom stereocenters. The van der Waals surface area contributed by atoms with E-state index in [1.807, 2.05) is 30.3 Å². The van der Waals surface area contributed by atoms with Crippen molar-refractivity contribution in [2.24, 2.45) is 0 Å². The highest BCUT2D eigenvalue weighted by molar-refractivity contribution is 7.89. The molecule has 1 aliphatic rings. The third-order valence-electron chi connectivity index (χ3n) is 4.93. The molecule has 2 heterocycles. The van der Waals surface area contributed by atoms with Crippen LogP contribution in [0.1, 0.15) is 31.7 Å². The minimum absolute atomic E-state index is 0.0341. The molecule has 0 saturated heterocycles. The first-order chi connectivity index (χ1) is 14.3. The fraction of sp³-hybridized carbons (Fsp3) is 0.286. The molecule has 30 heavy (non-hydrogen) atoms. The summed E-state index contributed by atoms with van der Waals surface area (Å²) >= 11 is 0. The summed E-state index contributed by atoms with van der Waals surface area (Å²) in [6.45, 7) is 3.56. The lowest BCUT2D eigenvalue weighted by atomic mass is 10.0. The molecule has 4 rings (SSSR count). The molecule has 156 valence electrons. The first-order valence-corrected chi connectivity index (χ1v) is 11.1. The quantitative estimate of drug-likeness (QED) is 0.649. The number of aryl methyl sites for hydroxylation is 1. The fourth-order valence-electron chi connectivity index (χ4n) is 3.35. The normalized spacial score (nSPS) is 14.1. The molecule has 9 heteroatoms. The monoisotopic (exact) mass is 426 g/mol. The number of carbonyl (C=O) groups excluding carboxylic acids is 1. The van der Waals surface area contributed by atoms with Gasteiger partial charge in [0.25, 0.3) is 0 Å². The summed E-state index contributed by atoms with van der Waals surface area (Å²) in [5.74, 6) is 0.500. The zero-order chi connectivity index (χ0) is 21.3. The lowest BCUT2D eigenvalue weighted by Gasteiger charge is -2.25. The highest BCUT2D eigenvalue weighted by Crippen LogP contribution is 2.28. The van der Waals surface area contributed by atoms with Gasteiger partial charge in [0.1, 0.15) is 0 Å². The van der Waals surface area contributed by atoms with Crippen molar-refractivity contribution in [3.63, 3.8) is 0 Å². The van der Waals surface area contributed by atoms with Crippen molar-refractivity contribution in [2.45, 2.75) is 44.2 Å². The Morgan fingerprint density at radius 3 is 2.60 bits per heavy atom. The van der Waals surface area contributed by atoms with E-state index in [4.69, 9.17) is 4.42 Å². The first-order valence-electron chi connectivity index (χ1n) is 9.67. The lowest BCUT2D eigenvalue weighted by Crippen LogP contribution is -2.36. The molecule has 3 aromatic rings. The minimum Gasteiger partial charge on any atom is -0.419 e. The summed E-state index contributed by atoms with van der Waals surface area (Å²) in [5, 5.41) is 10.8. The zero-order valence-electron chi connectivity index (χ0n) is 16.7. The Labute approximate surface area is 175 Å². The predicted molar refractivity (Wildman–Crippen MR) is 111 cm³/mol. The number of rotatable bonds is 6. The van der Waals surface area contributed by atoms with Crippen molar-refractivity contribution in [1.29, 1.82) is 0 Å². The second-order valence-electron chi connectivity index (χ2n) is 7.38. The molecule has 0 saturated carbocycles. The molecule has 1 aromatic heterocycles. The van der Waals surface area contributed by atoms with E-state index in [1.54, 1.807) is 26.0 Å². The Kier molecular flexibility index (Phi) is 5.40. The molecular weight excluding hydrogens is 404 g/mol. The van der Waals surface area contributed by atoms with Crippen molar-refractivity contribution in [3.05, 3.63) is 60.0 Å². The number of anilines is 1. The summed E-state index contributed by atoms with van der Waals surface area (Å²) in [7, 11) is -3.81. The summed E-state index contributed by atoms with van der Waals surface area (Å²) in [6, 6.07) is 13.8. The van der Waals surface area contributed by atoms with Gasteiger partial charge in [-0.25, -0.2) is 8.42 Å². The van der Waals surface area contributed by atoms with E-state index in [0.29, 0.717) is 24.4 Å². The number of benzene rings is 2. The average Bonchev–Trinajstić information content (AvgIpc) is 3.20. The SMILES string of the molecule is CC(C)N(Cc1nnc(-c2ccccc2)o1)S(=O)(=O)c1ccc2c(c1)CCC(=O)N2. The second kappa shape index (κ2) is 8.00. The number of hydrogen-bond acceptors (Lipinski definition) is 6. The van der Waals surface area contributed by atoms with Crippen molar-refractivity contribution >= 4 is 21.6 Å². The van der Waals surface area contributed by atoms with Crippen molar-refractivity contribution in [3.8, 4) is 11.5 Å². The molecule has 2 aromatic carbocycles. The molecule has 8 nitrogen and oxygen atoms in total. The number of fused-ring (bicyclic) bond motifs is 1. The molecule has 1 amide bonds. The standard InChI is InChI=1S/C21H22N4O4S/c1-14(2)25(13-20-23-24-21(29-20)15-6-4-3-5-7-15)30(27,28)17-9-10-18-16(12-17)8-11-19(26)22-18/h3-7,9-10,12,14H,8,11,13H2,1-2H3,(H,22,26). The fourth-order valence-corrected chi connectivity index (χ4v) is 4.99. The number of amides is 1. The molecule has 0 fully saturated rings. The molecule has 0 atom stereocenters. The van der Waals surface area contributed by atoms with Crippen LogP contribution in [0.5, 0.6) is 0 Å². The predicted octanol–water partition coefficient (Wildman–Crippen LogP) is 3.22. The molecule has 0 radical (unpaired) electrons. The molecular formula is C21H22N4O4S. The van der Waals surface area contributed by atoms with Crippen LogP contribution >= 0.6 is 0 Å². The van der Waals surface area contributed by atoms with E-state index >= 15 is 0 Å². The van der Waals surface area contributed by atoms with Gasteiger partial charge in [-0.2, -0.15) is 4.31 Å². The summed E-state index contributed by atoms with van der Waals surface area (Å²) in [5.41, 5.74) is 2.24. The Bertz CT molecular complexity index is 1170. The van der Waals surface area contributed by atoms with Crippen LogP contribution < -0.4 is 5.32 Å². The Morgan fingerprint density at radius 2 is 1.87 bits per heavy atom. The Morgan fingerprint density at radius 1 is 1.10 bits per heavy atom. The van der Waals surface area contributed by atoms with E-state index in [2.05, 4.69) is 15.5 Å². The van der Waals surface area contributed by atoms with Crippen LogP contribution in [0, 0.1) is 0 Å². The van der Waals surface area contributed by atoms with E-state index in [9.17, 15) is 13.2 Å². The number of carbonyl (C=O) groups is 1. The number of nitrogens with zero attached hydrogens (tertiary/aromatic N) is 3. The van der Waals surface area contributed by atoms with Gasteiger partial charge in [0, 0.05) is 23.7 Å². The third-order valence-corrected chi connectivity index (χ3v) is 6.95. The smallest absolute Gasteiger partial charge is 0.247 e. The minimum atomic E-state index is -3.81. The highest BCUT2D eigenvalue weighted by atomic mass is 32.2. The Hall–Kier alpha value is -3.04. The zero-order valence-corrected chi connectivity index (χ0v) is 17.5. The van der Waals surface area contributed by atoms with Crippen LogP contribution in [0.25, 0.3) is 11.5 Å². The van der Waals surface area contributed by atoms with E-state index in [0.717, 1.165) is 11.1 Å². The van der Waals surface area contributed by atoms with E-state index < -0.39 is 10.0 Å². The van der Waals surface area contributed by atoms with Gasteiger partial charge in [0.2, 0.25) is 27.7 Å². The van der Waals surface area contributed by atoms with Gasteiger partial charge in [-0.15, -0.1) is 10.2 Å². The number of nitrogens with one attached hydrogen (secondary N) is 1. The largest absolute Gasteiger partial charge is 0.419 e. The molecule has 0 bridgehead atoms. The van der Waals surface area contributed by atoms with Crippen molar-refractivity contribution in [1.82, 2.24) is 14.5 Å². The van der Waals surface area contributed by atoms with Gasteiger partial charge in [0.15, 0.2) is 0 Å². The molecule has 0 aliphatic carbocycles. The van der Waals surface area contributed by atoms with Gasteiger partial charge in [-0.05, 0) is 56.2 Å². The maximum absolute atomic E-state index is 13.4. The van der Waals surface area contributed by atoms with E-state index in [-0.39, 0.29) is 29.3 Å².